The minimum Gasteiger partial charge on any atom is -0.481 e. The molecular weight excluding hydrogens is 316 g/mol. The van der Waals surface area contributed by atoms with Gasteiger partial charge in [0, 0.05) is 13.1 Å². The Balaban J connectivity index is 2.62. The molecule has 1 saturated heterocycles. The largest absolute Gasteiger partial charge is 0.481 e. The molecule has 1 heterocycles. The number of hydrogen-bond acceptors (Lipinski definition) is 5. The zero-order valence-electron chi connectivity index (χ0n) is 14.1. The molecule has 0 aromatic carbocycles. The Bertz CT molecular complexity index is 488. The van der Waals surface area contributed by atoms with Gasteiger partial charge in [0.1, 0.15) is 6.04 Å². The lowest BCUT2D eigenvalue weighted by atomic mass is 10.0. The first-order valence-electron chi connectivity index (χ1n) is 8.10. The van der Waals surface area contributed by atoms with Crippen LogP contribution in [0.15, 0.2) is 0 Å². The van der Waals surface area contributed by atoms with E-state index in [0.717, 1.165) is 19.3 Å². The summed E-state index contributed by atoms with van der Waals surface area (Å²) in [6.45, 7) is 4.61. The standard InChI is InChI=1S/C15H26N4O5/c1-9(2)12(17-13(22)10(16)8-11(20)21)14(23)18-15(24)19-6-4-3-5-7-19/h9-10,12H,3-8,16H2,1-2H3,(H,17,22)(H,20,21)(H,18,23,24)/t10-,12-/m0/s1. The van der Waals surface area contributed by atoms with Gasteiger partial charge in [-0.05, 0) is 25.2 Å². The second-order valence-electron chi connectivity index (χ2n) is 6.28. The van der Waals surface area contributed by atoms with Crippen LogP contribution in [0, 0.1) is 5.92 Å². The lowest BCUT2D eigenvalue weighted by molar-refractivity contribution is -0.139. The van der Waals surface area contributed by atoms with Crippen molar-refractivity contribution >= 4 is 23.8 Å². The van der Waals surface area contributed by atoms with Crippen molar-refractivity contribution in [2.45, 2.75) is 51.6 Å². The van der Waals surface area contributed by atoms with E-state index in [1.54, 1.807) is 18.7 Å². The van der Waals surface area contributed by atoms with E-state index in [0.29, 0.717) is 13.1 Å². The summed E-state index contributed by atoms with van der Waals surface area (Å²) in [6, 6.07) is -2.70. The maximum absolute atomic E-state index is 12.3. The molecule has 1 fully saturated rings. The Morgan fingerprint density at radius 2 is 1.67 bits per heavy atom. The van der Waals surface area contributed by atoms with Crippen molar-refractivity contribution in [2.75, 3.05) is 13.1 Å². The van der Waals surface area contributed by atoms with E-state index >= 15 is 0 Å². The van der Waals surface area contributed by atoms with E-state index in [-0.39, 0.29) is 5.92 Å². The SMILES string of the molecule is CC(C)[C@H](NC(=O)[C@@H](N)CC(=O)O)C(=O)NC(=O)N1CCCCC1. The second-order valence-corrected chi connectivity index (χ2v) is 6.28. The summed E-state index contributed by atoms with van der Waals surface area (Å²) in [5, 5.41) is 13.4. The first-order valence-corrected chi connectivity index (χ1v) is 8.10. The normalized spacial score (nSPS) is 17.1. The Kier molecular flexibility index (Phi) is 7.63. The van der Waals surface area contributed by atoms with Crippen LogP contribution < -0.4 is 16.4 Å². The van der Waals surface area contributed by atoms with Crippen LogP contribution in [0.5, 0.6) is 0 Å². The summed E-state index contributed by atoms with van der Waals surface area (Å²) in [5.41, 5.74) is 5.49. The summed E-state index contributed by atoms with van der Waals surface area (Å²) in [7, 11) is 0. The molecule has 0 aromatic heterocycles. The van der Waals surface area contributed by atoms with Gasteiger partial charge in [0.15, 0.2) is 0 Å². The third-order valence-corrected chi connectivity index (χ3v) is 3.85. The van der Waals surface area contributed by atoms with E-state index in [1.165, 1.54) is 0 Å². The molecule has 9 heteroatoms. The van der Waals surface area contributed by atoms with Crippen LogP contribution in [0.1, 0.15) is 39.5 Å². The van der Waals surface area contributed by atoms with E-state index in [4.69, 9.17) is 10.8 Å². The molecule has 1 aliphatic heterocycles. The molecular formula is C15H26N4O5. The van der Waals surface area contributed by atoms with Crippen molar-refractivity contribution in [3.63, 3.8) is 0 Å². The summed E-state index contributed by atoms with van der Waals surface area (Å²) < 4.78 is 0. The molecule has 2 atom stereocenters. The van der Waals surface area contributed by atoms with Gasteiger partial charge in [-0.25, -0.2) is 4.79 Å². The van der Waals surface area contributed by atoms with Gasteiger partial charge in [0.25, 0.3) is 5.91 Å². The maximum Gasteiger partial charge on any atom is 0.324 e. The zero-order valence-corrected chi connectivity index (χ0v) is 14.1. The number of nitrogens with two attached hydrogens (primary N) is 1. The highest BCUT2D eigenvalue weighted by molar-refractivity contribution is 5.99. The molecule has 0 aromatic rings. The van der Waals surface area contributed by atoms with Crippen molar-refractivity contribution in [3.8, 4) is 0 Å². The average Bonchev–Trinajstić information content (AvgIpc) is 2.51. The van der Waals surface area contributed by atoms with E-state index in [1.807, 2.05) is 0 Å². The first-order chi connectivity index (χ1) is 11.2. The van der Waals surface area contributed by atoms with Crippen molar-refractivity contribution < 1.29 is 24.3 Å². The number of carboxylic acids is 1. The van der Waals surface area contributed by atoms with Crippen molar-refractivity contribution in [3.05, 3.63) is 0 Å². The third kappa shape index (κ3) is 6.15. The van der Waals surface area contributed by atoms with Crippen molar-refractivity contribution in [1.29, 1.82) is 0 Å². The highest BCUT2D eigenvalue weighted by atomic mass is 16.4. The van der Waals surface area contributed by atoms with Crippen molar-refractivity contribution in [1.82, 2.24) is 15.5 Å². The Morgan fingerprint density at radius 3 is 2.17 bits per heavy atom. The fourth-order valence-corrected chi connectivity index (χ4v) is 2.44. The van der Waals surface area contributed by atoms with Gasteiger partial charge in [-0.1, -0.05) is 13.8 Å². The number of carbonyl (C=O) groups is 4. The molecule has 0 aliphatic carbocycles. The average molecular weight is 342 g/mol. The monoisotopic (exact) mass is 342 g/mol. The quantitative estimate of drug-likeness (QED) is 0.520. The van der Waals surface area contributed by atoms with Crippen LogP contribution in [0.2, 0.25) is 0 Å². The van der Waals surface area contributed by atoms with Crippen LogP contribution >= 0.6 is 0 Å². The topological polar surface area (TPSA) is 142 Å². The molecule has 0 unspecified atom stereocenters. The smallest absolute Gasteiger partial charge is 0.324 e. The van der Waals surface area contributed by atoms with E-state index in [2.05, 4.69) is 10.6 Å². The minimum atomic E-state index is -1.26. The summed E-state index contributed by atoms with van der Waals surface area (Å²) in [5.74, 6) is -2.86. The Hall–Kier alpha value is -2.16. The molecule has 0 radical (unpaired) electrons. The fraction of sp³-hybridized carbons (Fsp3) is 0.733. The summed E-state index contributed by atoms with van der Waals surface area (Å²) >= 11 is 0. The molecule has 4 amide bonds. The molecule has 9 nitrogen and oxygen atoms in total. The van der Waals surface area contributed by atoms with Crippen molar-refractivity contribution in [2.24, 2.45) is 11.7 Å². The van der Waals surface area contributed by atoms with Gasteiger partial charge in [0.05, 0.1) is 12.5 Å². The van der Waals surface area contributed by atoms with E-state index in [9.17, 15) is 19.2 Å². The van der Waals surface area contributed by atoms with E-state index < -0.39 is 42.3 Å². The molecule has 1 aliphatic rings. The Morgan fingerprint density at radius 1 is 1.08 bits per heavy atom. The number of hydrogen-bond donors (Lipinski definition) is 4. The van der Waals surface area contributed by atoms with Crippen LogP contribution in [-0.4, -0.2) is 59.0 Å². The highest BCUT2D eigenvalue weighted by Gasteiger charge is 2.29. The molecule has 5 N–H and O–H groups in total. The van der Waals surface area contributed by atoms with Crippen LogP contribution in [0.4, 0.5) is 4.79 Å². The summed E-state index contributed by atoms with van der Waals surface area (Å²) in [4.78, 5) is 48.4. The number of urea groups is 1. The van der Waals surface area contributed by atoms with Gasteiger partial charge in [0.2, 0.25) is 5.91 Å². The van der Waals surface area contributed by atoms with Crippen LogP contribution in [0.25, 0.3) is 0 Å². The van der Waals surface area contributed by atoms with Gasteiger partial charge in [-0.3, -0.25) is 19.7 Å². The lowest BCUT2D eigenvalue weighted by Crippen LogP contribution is -2.56. The second kappa shape index (κ2) is 9.21. The molecule has 136 valence electrons. The fourth-order valence-electron chi connectivity index (χ4n) is 2.44. The predicted octanol–water partition coefficient (Wildman–Crippen LogP) is -0.349. The predicted molar refractivity (Wildman–Crippen MR) is 86.0 cm³/mol. The van der Waals surface area contributed by atoms with Crippen LogP contribution in [0.3, 0.4) is 0 Å². The number of nitrogens with zero attached hydrogens (tertiary/aromatic N) is 1. The number of aliphatic carboxylic acids is 1. The third-order valence-electron chi connectivity index (χ3n) is 3.85. The number of piperidine rings is 1. The molecule has 0 bridgehead atoms. The minimum absolute atomic E-state index is 0.292. The van der Waals surface area contributed by atoms with Gasteiger partial charge < -0.3 is 21.1 Å². The molecule has 24 heavy (non-hydrogen) atoms. The zero-order chi connectivity index (χ0) is 18.3. The lowest BCUT2D eigenvalue weighted by Gasteiger charge is -2.28. The Labute approximate surface area is 140 Å². The molecule has 1 rings (SSSR count). The first kappa shape index (κ1) is 19.9. The van der Waals surface area contributed by atoms with Gasteiger partial charge in [-0.15, -0.1) is 0 Å². The van der Waals surface area contributed by atoms with Crippen LogP contribution in [-0.2, 0) is 14.4 Å². The number of nitrogens with one attached hydrogen (secondary N) is 2. The van der Waals surface area contributed by atoms with Gasteiger partial charge >= 0.3 is 12.0 Å². The summed E-state index contributed by atoms with van der Waals surface area (Å²) in [6.07, 6.45) is 2.32. The number of imide groups is 1. The maximum atomic E-state index is 12.3. The number of carboxylic acid groups (broad SMARTS) is 1. The number of likely N-dealkylation sites (tertiary alicyclic amines) is 1. The van der Waals surface area contributed by atoms with Gasteiger partial charge in [-0.2, -0.15) is 0 Å². The molecule has 0 spiro atoms. The number of rotatable bonds is 6. The molecule has 0 saturated carbocycles. The number of amides is 4. The number of carbonyl (C=O) groups excluding carboxylic acids is 3. The highest BCUT2D eigenvalue weighted by Crippen LogP contribution is 2.09.